The zero-order valence-electron chi connectivity index (χ0n) is 14.8. The highest BCUT2D eigenvalue weighted by Crippen LogP contribution is 2.44. The van der Waals surface area contributed by atoms with Crippen molar-refractivity contribution in [1.29, 1.82) is 0 Å². The first-order chi connectivity index (χ1) is 13.6. The van der Waals surface area contributed by atoms with E-state index in [-0.39, 0.29) is 11.7 Å². The van der Waals surface area contributed by atoms with E-state index < -0.39 is 11.3 Å². The first kappa shape index (κ1) is 17.8. The van der Waals surface area contributed by atoms with Crippen LogP contribution < -0.4 is 10.9 Å². The van der Waals surface area contributed by atoms with Crippen molar-refractivity contribution in [3.63, 3.8) is 0 Å². The van der Waals surface area contributed by atoms with Crippen LogP contribution in [0.2, 0.25) is 0 Å². The number of nitrogens with zero attached hydrogens (tertiary/aromatic N) is 4. The Kier molecular flexibility index (Phi) is 4.56. The molecule has 2 amide bonds. The summed E-state index contributed by atoms with van der Waals surface area (Å²) in [6, 6.07) is 12.6. The van der Waals surface area contributed by atoms with E-state index >= 15 is 0 Å². The minimum Gasteiger partial charge on any atom is -0.272 e. The van der Waals surface area contributed by atoms with Gasteiger partial charge in [0.25, 0.3) is 5.91 Å². The monoisotopic (exact) mass is 380 g/mol. The molecule has 1 aromatic heterocycles. The molecule has 4 rings (SSSR count). The second kappa shape index (κ2) is 7.18. The second-order valence-electron chi connectivity index (χ2n) is 6.66. The molecule has 1 saturated carbocycles. The maximum Gasteiger partial charge on any atom is 0.269 e. The van der Waals surface area contributed by atoms with Gasteiger partial charge in [-0.2, -0.15) is 0 Å². The Morgan fingerprint density at radius 3 is 2.46 bits per heavy atom. The first-order valence-electron chi connectivity index (χ1n) is 8.79. The highest BCUT2D eigenvalue weighted by Gasteiger charge is 2.46. The molecular formula is C19H17FN6O2. The van der Waals surface area contributed by atoms with Crippen LogP contribution in [0.3, 0.4) is 0 Å². The zero-order chi connectivity index (χ0) is 19.6. The topological polar surface area (TPSA) is 102 Å². The van der Waals surface area contributed by atoms with Crippen LogP contribution in [0.5, 0.6) is 0 Å². The molecule has 9 heteroatoms. The molecule has 0 atom stereocenters. The molecule has 142 valence electrons. The third-order valence-electron chi connectivity index (χ3n) is 5.05. The number of hydrazine groups is 1. The van der Waals surface area contributed by atoms with Gasteiger partial charge < -0.3 is 0 Å². The van der Waals surface area contributed by atoms with Crippen LogP contribution in [0.1, 0.15) is 35.2 Å². The van der Waals surface area contributed by atoms with E-state index in [9.17, 15) is 14.0 Å². The molecule has 0 unspecified atom stereocenters. The standard InChI is InChI=1S/C19H17FN6O2/c20-15-4-1-3-14(11-15)19(9-2-10-19)18(28)23-22-17(27)13-5-7-16(8-6-13)26-12-21-24-25-26/h1,3-8,11-12H,2,9-10H2,(H,22,27)(H,23,28). The highest BCUT2D eigenvalue weighted by molar-refractivity contribution is 5.97. The van der Waals surface area contributed by atoms with Gasteiger partial charge in [0.05, 0.1) is 11.1 Å². The largest absolute Gasteiger partial charge is 0.272 e. The van der Waals surface area contributed by atoms with E-state index in [4.69, 9.17) is 0 Å². The summed E-state index contributed by atoms with van der Waals surface area (Å²) < 4.78 is 15.0. The van der Waals surface area contributed by atoms with Gasteiger partial charge in [-0.3, -0.25) is 20.4 Å². The lowest BCUT2D eigenvalue weighted by Crippen LogP contribution is -2.54. The molecule has 0 saturated heterocycles. The van der Waals surface area contributed by atoms with E-state index in [1.54, 1.807) is 36.4 Å². The van der Waals surface area contributed by atoms with Crippen LogP contribution in [0.25, 0.3) is 5.69 Å². The number of carbonyl (C=O) groups excluding carboxylic acids is 2. The summed E-state index contributed by atoms with van der Waals surface area (Å²) in [5, 5.41) is 10.9. The number of rotatable bonds is 4. The molecule has 1 heterocycles. The van der Waals surface area contributed by atoms with E-state index in [0.29, 0.717) is 29.7 Å². The Bertz CT molecular complexity index is 1000. The van der Waals surface area contributed by atoms with Crippen molar-refractivity contribution >= 4 is 11.8 Å². The molecule has 1 aliphatic rings. The van der Waals surface area contributed by atoms with Crippen molar-refractivity contribution < 1.29 is 14.0 Å². The lowest BCUT2D eigenvalue weighted by Gasteiger charge is -2.40. The number of halogens is 1. The van der Waals surface area contributed by atoms with Gasteiger partial charge in [-0.05, 0) is 65.2 Å². The van der Waals surface area contributed by atoms with E-state index in [2.05, 4.69) is 26.4 Å². The van der Waals surface area contributed by atoms with E-state index in [0.717, 1.165) is 6.42 Å². The van der Waals surface area contributed by atoms with Gasteiger partial charge in [-0.15, -0.1) is 5.10 Å². The minimum atomic E-state index is -0.806. The molecule has 3 aromatic rings. The van der Waals surface area contributed by atoms with Crippen LogP contribution in [0.4, 0.5) is 4.39 Å². The first-order valence-corrected chi connectivity index (χ1v) is 8.79. The van der Waals surface area contributed by atoms with Gasteiger partial charge in [0.15, 0.2) is 0 Å². The number of hydrogen-bond acceptors (Lipinski definition) is 5. The summed E-state index contributed by atoms with van der Waals surface area (Å²) in [6.07, 6.45) is 3.54. The lowest BCUT2D eigenvalue weighted by molar-refractivity contribution is -0.130. The number of benzene rings is 2. The fraction of sp³-hybridized carbons (Fsp3) is 0.211. The maximum atomic E-state index is 13.6. The number of amides is 2. The number of nitrogens with one attached hydrogen (secondary N) is 2. The molecule has 2 aromatic carbocycles. The lowest BCUT2D eigenvalue weighted by atomic mass is 9.64. The molecular weight excluding hydrogens is 363 g/mol. The van der Waals surface area contributed by atoms with Crippen molar-refractivity contribution in [2.24, 2.45) is 0 Å². The summed E-state index contributed by atoms with van der Waals surface area (Å²) >= 11 is 0. The Morgan fingerprint density at radius 2 is 1.86 bits per heavy atom. The Hall–Kier alpha value is -3.62. The molecule has 1 aliphatic carbocycles. The van der Waals surface area contributed by atoms with Crippen molar-refractivity contribution in [2.45, 2.75) is 24.7 Å². The number of aromatic nitrogens is 4. The van der Waals surface area contributed by atoms with Gasteiger partial charge >= 0.3 is 0 Å². The summed E-state index contributed by atoms with van der Waals surface area (Å²) in [6.45, 7) is 0. The van der Waals surface area contributed by atoms with Crippen molar-refractivity contribution in [1.82, 2.24) is 31.1 Å². The third kappa shape index (κ3) is 3.22. The van der Waals surface area contributed by atoms with Gasteiger partial charge in [-0.25, -0.2) is 9.07 Å². The predicted molar refractivity (Wildman–Crippen MR) is 96.7 cm³/mol. The molecule has 1 fully saturated rings. The molecule has 0 radical (unpaired) electrons. The molecule has 2 N–H and O–H groups in total. The molecule has 0 aliphatic heterocycles. The smallest absolute Gasteiger partial charge is 0.269 e. The van der Waals surface area contributed by atoms with Crippen LogP contribution >= 0.6 is 0 Å². The molecule has 28 heavy (non-hydrogen) atoms. The summed E-state index contributed by atoms with van der Waals surface area (Å²) in [5.41, 5.74) is 5.80. The quantitative estimate of drug-likeness (QED) is 0.671. The molecule has 8 nitrogen and oxygen atoms in total. The van der Waals surface area contributed by atoms with Crippen molar-refractivity contribution in [3.8, 4) is 5.69 Å². The summed E-state index contributed by atoms with van der Waals surface area (Å²) in [7, 11) is 0. The molecule has 0 bridgehead atoms. The van der Waals surface area contributed by atoms with Crippen molar-refractivity contribution in [2.75, 3.05) is 0 Å². The van der Waals surface area contributed by atoms with Crippen molar-refractivity contribution in [3.05, 3.63) is 71.8 Å². The van der Waals surface area contributed by atoms with Gasteiger partial charge in [-0.1, -0.05) is 18.6 Å². The Balaban J connectivity index is 1.42. The summed E-state index contributed by atoms with van der Waals surface area (Å²) in [5.74, 6) is -1.18. The summed E-state index contributed by atoms with van der Waals surface area (Å²) in [4.78, 5) is 25.1. The highest BCUT2D eigenvalue weighted by atomic mass is 19.1. The van der Waals surface area contributed by atoms with Crippen LogP contribution in [0.15, 0.2) is 54.9 Å². The second-order valence-corrected chi connectivity index (χ2v) is 6.66. The van der Waals surface area contributed by atoms with Crippen LogP contribution in [0, 0.1) is 5.82 Å². The Labute approximate surface area is 159 Å². The fourth-order valence-corrected chi connectivity index (χ4v) is 3.31. The average Bonchev–Trinajstić information content (AvgIpc) is 3.20. The minimum absolute atomic E-state index is 0.344. The predicted octanol–water partition coefficient (Wildman–Crippen LogP) is 1.68. The fourth-order valence-electron chi connectivity index (χ4n) is 3.31. The average molecular weight is 380 g/mol. The van der Waals surface area contributed by atoms with E-state index in [1.807, 2.05) is 0 Å². The SMILES string of the molecule is O=C(NNC(=O)C1(c2cccc(F)c2)CCC1)c1ccc(-n2cnnn2)cc1. The maximum absolute atomic E-state index is 13.6. The van der Waals surface area contributed by atoms with Crippen LogP contribution in [-0.4, -0.2) is 32.0 Å². The van der Waals surface area contributed by atoms with E-state index in [1.165, 1.54) is 23.1 Å². The number of hydrogen-bond donors (Lipinski definition) is 2. The Morgan fingerprint density at radius 1 is 1.07 bits per heavy atom. The van der Waals surface area contributed by atoms with Crippen LogP contribution in [-0.2, 0) is 10.2 Å². The van der Waals surface area contributed by atoms with Gasteiger partial charge in [0.1, 0.15) is 12.1 Å². The van der Waals surface area contributed by atoms with Gasteiger partial charge in [0, 0.05) is 5.56 Å². The number of carbonyl (C=O) groups is 2. The number of tetrazole rings is 1. The normalized spacial score (nSPS) is 14.8. The molecule has 0 spiro atoms. The third-order valence-corrected chi connectivity index (χ3v) is 5.05. The van der Waals surface area contributed by atoms with Gasteiger partial charge in [0.2, 0.25) is 5.91 Å². The zero-order valence-corrected chi connectivity index (χ0v) is 14.8.